The molecule has 0 saturated heterocycles. The average molecular weight is 379 g/mol. The SMILES string of the molecule is CCCCOc1ccc(-c2ccc(CCC3CCC(CC)CC3C)cc2)cc1. The van der Waals surface area contributed by atoms with Crippen LogP contribution in [0.5, 0.6) is 5.75 Å². The number of hydrogen-bond donors (Lipinski definition) is 0. The third-order valence-electron chi connectivity index (χ3n) is 6.74. The molecule has 1 saturated carbocycles. The Hall–Kier alpha value is -1.76. The molecule has 0 amide bonds. The van der Waals surface area contributed by atoms with Crippen molar-refractivity contribution in [3.8, 4) is 16.9 Å². The van der Waals surface area contributed by atoms with Crippen LogP contribution in [-0.2, 0) is 6.42 Å². The molecule has 28 heavy (non-hydrogen) atoms. The van der Waals surface area contributed by atoms with E-state index in [1.54, 1.807) is 0 Å². The first-order valence-electron chi connectivity index (χ1n) is 11.5. The van der Waals surface area contributed by atoms with E-state index in [0.717, 1.165) is 36.5 Å². The van der Waals surface area contributed by atoms with Crippen molar-refractivity contribution >= 4 is 0 Å². The molecule has 0 heterocycles. The molecule has 1 fully saturated rings. The van der Waals surface area contributed by atoms with E-state index >= 15 is 0 Å². The number of hydrogen-bond acceptors (Lipinski definition) is 1. The van der Waals surface area contributed by atoms with Crippen molar-refractivity contribution in [2.24, 2.45) is 17.8 Å². The largest absolute Gasteiger partial charge is 0.494 e. The molecule has 3 rings (SSSR count). The maximum Gasteiger partial charge on any atom is 0.119 e. The molecular formula is C27H38O. The second-order valence-electron chi connectivity index (χ2n) is 8.79. The van der Waals surface area contributed by atoms with Gasteiger partial charge >= 0.3 is 0 Å². The van der Waals surface area contributed by atoms with Crippen LogP contribution in [0.15, 0.2) is 48.5 Å². The maximum atomic E-state index is 5.77. The van der Waals surface area contributed by atoms with E-state index in [1.165, 1.54) is 61.6 Å². The summed E-state index contributed by atoms with van der Waals surface area (Å²) < 4.78 is 5.77. The minimum absolute atomic E-state index is 0.809. The van der Waals surface area contributed by atoms with Crippen molar-refractivity contribution in [3.63, 3.8) is 0 Å². The van der Waals surface area contributed by atoms with Gasteiger partial charge in [0, 0.05) is 0 Å². The summed E-state index contributed by atoms with van der Waals surface area (Å²) in [6, 6.07) is 17.7. The highest BCUT2D eigenvalue weighted by Gasteiger charge is 2.26. The Morgan fingerprint density at radius 2 is 1.57 bits per heavy atom. The van der Waals surface area contributed by atoms with Gasteiger partial charge in [0.15, 0.2) is 0 Å². The van der Waals surface area contributed by atoms with E-state index in [-0.39, 0.29) is 0 Å². The quantitative estimate of drug-likeness (QED) is 0.402. The Morgan fingerprint density at radius 1 is 0.893 bits per heavy atom. The first-order chi connectivity index (χ1) is 13.7. The zero-order chi connectivity index (χ0) is 19.8. The Balaban J connectivity index is 1.51. The Bertz CT molecular complexity index is 685. The van der Waals surface area contributed by atoms with Gasteiger partial charge in [-0.25, -0.2) is 0 Å². The van der Waals surface area contributed by atoms with Gasteiger partial charge in [-0.05, 0) is 78.7 Å². The van der Waals surface area contributed by atoms with Gasteiger partial charge in [-0.2, -0.15) is 0 Å². The van der Waals surface area contributed by atoms with Gasteiger partial charge in [0.25, 0.3) is 0 Å². The van der Waals surface area contributed by atoms with Crippen molar-refractivity contribution in [1.29, 1.82) is 0 Å². The summed E-state index contributed by atoms with van der Waals surface area (Å²) in [6.45, 7) is 7.83. The fourth-order valence-electron chi connectivity index (χ4n) is 4.66. The summed E-state index contributed by atoms with van der Waals surface area (Å²) in [5.41, 5.74) is 4.04. The molecule has 1 heteroatoms. The molecule has 1 nitrogen and oxygen atoms in total. The number of benzene rings is 2. The molecule has 1 aliphatic carbocycles. The first-order valence-corrected chi connectivity index (χ1v) is 11.5. The van der Waals surface area contributed by atoms with E-state index in [9.17, 15) is 0 Å². The first kappa shape index (κ1) is 21.0. The van der Waals surface area contributed by atoms with Crippen molar-refractivity contribution in [2.75, 3.05) is 6.61 Å². The maximum absolute atomic E-state index is 5.77. The molecule has 2 aromatic carbocycles. The van der Waals surface area contributed by atoms with Crippen LogP contribution in [0.2, 0.25) is 0 Å². The van der Waals surface area contributed by atoms with Crippen LogP contribution >= 0.6 is 0 Å². The summed E-state index contributed by atoms with van der Waals surface area (Å²) in [5.74, 6) is 3.77. The van der Waals surface area contributed by atoms with Crippen LogP contribution in [0.3, 0.4) is 0 Å². The molecule has 3 atom stereocenters. The third-order valence-corrected chi connectivity index (χ3v) is 6.74. The number of aryl methyl sites for hydroxylation is 1. The molecule has 0 radical (unpaired) electrons. The van der Waals surface area contributed by atoms with Crippen molar-refractivity contribution in [3.05, 3.63) is 54.1 Å². The van der Waals surface area contributed by atoms with Crippen molar-refractivity contribution in [2.45, 2.75) is 72.1 Å². The molecule has 2 aromatic rings. The number of rotatable bonds is 9. The lowest BCUT2D eigenvalue weighted by atomic mass is 9.72. The summed E-state index contributed by atoms with van der Waals surface area (Å²) in [5, 5.41) is 0. The number of unbranched alkanes of at least 4 members (excludes halogenated alkanes) is 1. The van der Waals surface area contributed by atoms with E-state index in [0.29, 0.717) is 0 Å². The zero-order valence-corrected chi connectivity index (χ0v) is 18.1. The minimum atomic E-state index is 0.809. The van der Waals surface area contributed by atoms with Gasteiger partial charge in [0.2, 0.25) is 0 Å². The fourth-order valence-corrected chi connectivity index (χ4v) is 4.66. The van der Waals surface area contributed by atoms with Crippen LogP contribution < -0.4 is 4.74 Å². The van der Waals surface area contributed by atoms with Crippen LogP contribution in [0, 0.1) is 17.8 Å². The second-order valence-corrected chi connectivity index (χ2v) is 8.79. The lowest BCUT2D eigenvalue weighted by Crippen LogP contribution is -2.23. The lowest BCUT2D eigenvalue weighted by molar-refractivity contribution is 0.181. The van der Waals surface area contributed by atoms with Gasteiger partial charge in [0.05, 0.1) is 6.61 Å². The molecular weight excluding hydrogens is 340 g/mol. The van der Waals surface area contributed by atoms with E-state index in [2.05, 4.69) is 69.3 Å². The molecule has 152 valence electrons. The molecule has 0 aliphatic heterocycles. The topological polar surface area (TPSA) is 9.23 Å². The highest BCUT2D eigenvalue weighted by Crippen LogP contribution is 2.37. The normalized spacial score (nSPS) is 22.2. The minimum Gasteiger partial charge on any atom is -0.494 e. The number of ether oxygens (including phenoxy) is 1. The molecule has 0 bridgehead atoms. The Kier molecular flexibility index (Phi) is 8.01. The Morgan fingerprint density at radius 3 is 2.18 bits per heavy atom. The van der Waals surface area contributed by atoms with Crippen LogP contribution in [-0.4, -0.2) is 6.61 Å². The highest BCUT2D eigenvalue weighted by atomic mass is 16.5. The lowest BCUT2D eigenvalue weighted by Gasteiger charge is -2.34. The smallest absolute Gasteiger partial charge is 0.119 e. The average Bonchev–Trinajstić information content (AvgIpc) is 2.74. The molecule has 1 aliphatic rings. The monoisotopic (exact) mass is 378 g/mol. The summed E-state index contributed by atoms with van der Waals surface area (Å²) in [6.07, 6.45) is 10.5. The van der Waals surface area contributed by atoms with E-state index in [4.69, 9.17) is 4.74 Å². The van der Waals surface area contributed by atoms with E-state index < -0.39 is 0 Å². The highest BCUT2D eigenvalue weighted by molar-refractivity contribution is 5.64. The summed E-state index contributed by atoms with van der Waals surface area (Å²) in [4.78, 5) is 0. The molecule has 0 spiro atoms. The van der Waals surface area contributed by atoms with E-state index in [1.807, 2.05) is 0 Å². The Labute approximate surface area is 172 Å². The van der Waals surface area contributed by atoms with Gasteiger partial charge in [-0.3, -0.25) is 0 Å². The van der Waals surface area contributed by atoms with Gasteiger partial charge < -0.3 is 4.74 Å². The van der Waals surface area contributed by atoms with Crippen LogP contribution in [0.25, 0.3) is 11.1 Å². The summed E-state index contributed by atoms with van der Waals surface area (Å²) >= 11 is 0. The third kappa shape index (κ3) is 5.87. The standard InChI is InChI=1S/C27H38O/c1-4-6-19-28-27-17-15-26(16-18-27)25-13-9-23(10-14-25)8-12-24-11-7-22(5-2)20-21(24)3/h9-10,13-18,21-22,24H,4-8,11-12,19-20H2,1-3H3. The van der Waals surface area contributed by atoms with Crippen LogP contribution in [0.1, 0.15) is 71.3 Å². The molecule has 0 N–H and O–H groups in total. The van der Waals surface area contributed by atoms with Gasteiger partial charge in [-0.15, -0.1) is 0 Å². The van der Waals surface area contributed by atoms with Gasteiger partial charge in [-0.1, -0.05) is 76.4 Å². The van der Waals surface area contributed by atoms with Gasteiger partial charge in [0.1, 0.15) is 5.75 Å². The molecule has 0 aromatic heterocycles. The molecule has 3 unspecified atom stereocenters. The second kappa shape index (κ2) is 10.7. The summed E-state index contributed by atoms with van der Waals surface area (Å²) in [7, 11) is 0. The predicted octanol–water partition coefficient (Wildman–Crippen LogP) is 7.93. The fraction of sp³-hybridized carbons (Fsp3) is 0.556. The van der Waals surface area contributed by atoms with Crippen molar-refractivity contribution < 1.29 is 4.74 Å². The predicted molar refractivity (Wildman–Crippen MR) is 121 cm³/mol. The van der Waals surface area contributed by atoms with Crippen LogP contribution in [0.4, 0.5) is 0 Å². The van der Waals surface area contributed by atoms with Crippen molar-refractivity contribution in [1.82, 2.24) is 0 Å². The zero-order valence-electron chi connectivity index (χ0n) is 18.1.